The minimum Gasteiger partial charge on any atom is -0.328 e. The number of hydrogen-bond acceptors (Lipinski definition) is 5. The van der Waals surface area contributed by atoms with Gasteiger partial charge in [-0.15, -0.1) is 5.10 Å². The Kier molecular flexibility index (Phi) is 3.79. The van der Waals surface area contributed by atoms with Gasteiger partial charge in [-0.2, -0.15) is 4.98 Å². The van der Waals surface area contributed by atoms with Crippen LogP contribution in [0, 0.1) is 0 Å². The molecule has 0 saturated heterocycles. The highest BCUT2D eigenvalue weighted by Gasteiger charge is 2.36. The fourth-order valence-corrected chi connectivity index (χ4v) is 3.85. The van der Waals surface area contributed by atoms with Crippen molar-refractivity contribution in [1.29, 1.82) is 0 Å². The summed E-state index contributed by atoms with van der Waals surface area (Å²) < 4.78 is 1.80. The normalized spacial score (nSPS) is 18.7. The SMILES string of the molecule is O=C1CCCC2=C1C(c1ccc(Cl)cc1)n1nc(-c3cccnc3)nc1N2. The number of benzene rings is 1. The molecule has 1 aromatic carbocycles. The third-order valence-corrected chi connectivity index (χ3v) is 5.23. The van der Waals surface area contributed by atoms with E-state index in [2.05, 4.69) is 15.3 Å². The summed E-state index contributed by atoms with van der Waals surface area (Å²) in [5.74, 6) is 1.38. The number of fused-ring (bicyclic) bond motifs is 1. The Morgan fingerprint density at radius 1 is 1.15 bits per heavy atom. The fraction of sp³-hybridized carbons (Fsp3) is 0.200. The van der Waals surface area contributed by atoms with Crippen LogP contribution in [0.25, 0.3) is 11.4 Å². The van der Waals surface area contributed by atoms with Crippen LogP contribution in [-0.4, -0.2) is 25.5 Å². The van der Waals surface area contributed by atoms with Crippen LogP contribution in [0.15, 0.2) is 60.1 Å². The van der Waals surface area contributed by atoms with Crippen molar-refractivity contribution in [3.05, 3.63) is 70.6 Å². The second-order valence-corrected chi connectivity index (χ2v) is 7.13. The molecule has 1 aliphatic carbocycles. The zero-order valence-electron chi connectivity index (χ0n) is 14.4. The van der Waals surface area contributed by atoms with E-state index in [9.17, 15) is 4.79 Å². The van der Waals surface area contributed by atoms with Crippen molar-refractivity contribution in [3.63, 3.8) is 0 Å². The van der Waals surface area contributed by atoms with Crippen LogP contribution in [0.4, 0.5) is 5.95 Å². The van der Waals surface area contributed by atoms with Gasteiger partial charge in [-0.1, -0.05) is 23.7 Å². The number of rotatable bonds is 2. The second kappa shape index (κ2) is 6.32. The highest BCUT2D eigenvalue weighted by molar-refractivity contribution is 6.30. The standard InChI is InChI=1S/C20H16ClN5O/c21-14-8-6-12(7-9-14)18-17-15(4-1-5-16(17)27)23-20-24-19(25-26(18)20)13-3-2-10-22-11-13/h2-3,6-11,18H,1,4-5H2,(H,23,24,25). The molecule has 1 N–H and O–H groups in total. The zero-order valence-corrected chi connectivity index (χ0v) is 15.1. The molecule has 7 heteroatoms. The number of Topliss-reactive ketones (excluding diaryl/α,β-unsaturated/α-hetero) is 1. The molecule has 1 aliphatic heterocycles. The number of pyridine rings is 1. The van der Waals surface area contributed by atoms with E-state index < -0.39 is 0 Å². The Labute approximate surface area is 160 Å². The molecule has 3 aromatic rings. The van der Waals surface area contributed by atoms with Crippen molar-refractivity contribution in [2.75, 3.05) is 5.32 Å². The molecule has 0 radical (unpaired) electrons. The van der Waals surface area contributed by atoms with Crippen molar-refractivity contribution < 1.29 is 4.79 Å². The first-order valence-corrected chi connectivity index (χ1v) is 9.24. The van der Waals surface area contributed by atoms with Gasteiger partial charge in [0, 0.05) is 40.7 Å². The Hall–Kier alpha value is -2.99. The van der Waals surface area contributed by atoms with Gasteiger partial charge in [-0.05, 0) is 42.7 Å². The van der Waals surface area contributed by atoms with E-state index in [1.165, 1.54) is 0 Å². The molecule has 134 valence electrons. The Morgan fingerprint density at radius 2 is 2.00 bits per heavy atom. The molecule has 27 heavy (non-hydrogen) atoms. The van der Waals surface area contributed by atoms with Crippen LogP contribution in [0.1, 0.15) is 30.9 Å². The van der Waals surface area contributed by atoms with E-state index in [0.717, 1.165) is 35.2 Å². The van der Waals surface area contributed by atoms with E-state index in [-0.39, 0.29) is 11.8 Å². The maximum atomic E-state index is 12.8. The molecule has 0 saturated carbocycles. The van der Waals surface area contributed by atoms with Gasteiger partial charge in [-0.3, -0.25) is 9.78 Å². The molecule has 1 unspecified atom stereocenters. The van der Waals surface area contributed by atoms with Crippen LogP contribution in [-0.2, 0) is 4.79 Å². The lowest BCUT2D eigenvalue weighted by Gasteiger charge is -2.32. The van der Waals surface area contributed by atoms with E-state index in [1.807, 2.05) is 36.4 Å². The average molecular weight is 378 g/mol. The molecule has 0 amide bonds. The highest BCUT2D eigenvalue weighted by atomic mass is 35.5. The van der Waals surface area contributed by atoms with E-state index in [1.54, 1.807) is 17.1 Å². The smallest absolute Gasteiger partial charge is 0.226 e. The average Bonchev–Trinajstić information content (AvgIpc) is 3.12. The lowest BCUT2D eigenvalue weighted by molar-refractivity contribution is -0.116. The third-order valence-electron chi connectivity index (χ3n) is 4.97. The monoisotopic (exact) mass is 377 g/mol. The predicted molar refractivity (Wildman–Crippen MR) is 102 cm³/mol. The second-order valence-electron chi connectivity index (χ2n) is 6.69. The molecule has 5 rings (SSSR count). The number of halogens is 1. The molecule has 0 spiro atoms. The summed E-state index contributed by atoms with van der Waals surface area (Å²) in [5.41, 5.74) is 3.52. The largest absolute Gasteiger partial charge is 0.328 e. The van der Waals surface area contributed by atoms with Gasteiger partial charge < -0.3 is 5.32 Å². The van der Waals surface area contributed by atoms with E-state index >= 15 is 0 Å². The maximum absolute atomic E-state index is 12.8. The summed E-state index contributed by atoms with van der Waals surface area (Å²) in [6.45, 7) is 0. The lowest BCUT2D eigenvalue weighted by Crippen LogP contribution is -2.31. The Balaban J connectivity index is 1.68. The number of carbonyl (C=O) groups excluding carboxylic acids is 1. The summed E-state index contributed by atoms with van der Waals surface area (Å²) in [5, 5.41) is 8.70. The first-order valence-electron chi connectivity index (χ1n) is 8.86. The lowest BCUT2D eigenvalue weighted by atomic mass is 9.85. The number of anilines is 1. The van der Waals surface area contributed by atoms with Crippen molar-refractivity contribution >= 4 is 23.3 Å². The van der Waals surface area contributed by atoms with Crippen LogP contribution in [0.2, 0.25) is 5.02 Å². The third kappa shape index (κ3) is 2.73. The predicted octanol–water partition coefficient (Wildman–Crippen LogP) is 4.02. The molecule has 0 bridgehead atoms. The van der Waals surface area contributed by atoms with Crippen molar-refractivity contribution in [3.8, 4) is 11.4 Å². The molecule has 6 nitrogen and oxygen atoms in total. The molecule has 0 fully saturated rings. The van der Waals surface area contributed by atoms with E-state index in [0.29, 0.717) is 23.2 Å². The van der Waals surface area contributed by atoms with Gasteiger partial charge in [0.25, 0.3) is 0 Å². The number of carbonyl (C=O) groups is 1. The minimum atomic E-state index is -0.306. The minimum absolute atomic E-state index is 0.160. The number of ketones is 1. The molecule has 1 atom stereocenters. The number of nitrogens with one attached hydrogen (secondary N) is 1. The molecular formula is C20H16ClN5O. The van der Waals surface area contributed by atoms with Gasteiger partial charge in [0.05, 0.1) is 0 Å². The fourth-order valence-electron chi connectivity index (χ4n) is 3.73. The van der Waals surface area contributed by atoms with Gasteiger partial charge in [0.2, 0.25) is 5.95 Å². The highest BCUT2D eigenvalue weighted by Crippen LogP contribution is 2.40. The van der Waals surface area contributed by atoms with Gasteiger partial charge in [0.15, 0.2) is 11.6 Å². The number of allylic oxidation sites excluding steroid dienone is 2. The number of hydrogen-bond donors (Lipinski definition) is 1. The van der Waals surface area contributed by atoms with Crippen molar-refractivity contribution in [2.45, 2.75) is 25.3 Å². The molecule has 2 aromatic heterocycles. The summed E-state index contributed by atoms with van der Waals surface area (Å²) in [7, 11) is 0. The Bertz CT molecular complexity index is 1060. The van der Waals surface area contributed by atoms with Gasteiger partial charge in [-0.25, -0.2) is 4.68 Å². The van der Waals surface area contributed by atoms with Crippen LogP contribution >= 0.6 is 11.6 Å². The first kappa shape index (κ1) is 16.2. The number of aromatic nitrogens is 4. The first-order chi connectivity index (χ1) is 13.2. The van der Waals surface area contributed by atoms with Crippen LogP contribution < -0.4 is 5.32 Å². The quantitative estimate of drug-likeness (QED) is 0.730. The zero-order chi connectivity index (χ0) is 18.4. The van der Waals surface area contributed by atoms with E-state index in [4.69, 9.17) is 16.7 Å². The molecule has 3 heterocycles. The topological polar surface area (TPSA) is 72.7 Å². The summed E-state index contributed by atoms with van der Waals surface area (Å²) in [6.07, 6.45) is 5.69. The molecular weight excluding hydrogens is 362 g/mol. The number of nitrogens with zero attached hydrogens (tertiary/aromatic N) is 4. The van der Waals surface area contributed by atoms with Crippen molar-refractivity contribution in [1.82, 2.24) is 19.7 Å². The Morgan fingerprint density at radius 3 is 2.78 bits per heavy atom. The van der Waals surface area contributed by atoms with Crippen LogP contribution in [0.5, 0.6) is 0 Å². The summed E-state index contributed by atoms with van der Waals surface area (Å²) in [6, 6.07) is 11.0. The summed E-state index contributed by atoms with van der Waals surface area (Å²) in [4.78, 5) is 21.6. The van der Waals surface area contributed by atoms with Gasteiger partial charge >= 0.3 is 0 Å². The van der Waals surface area contributed by atoms with Crippen molar-refractivity contribution in [2.24, 2.45) is 0 Å². The summed E-state index contributed by atoms with van der Waals surface area (Å²) >= 11 is 6.07. The molecule has 2 aliphatic rings. The maximum Gasteiger partial charge on any atom is 0.226 e. The van der Waals surface area contributed by atoms with Gasteiger partial charge in [0.1, 0.15) is 6.04 Å². The van der Waals surface area contributed by atoms with Crippen LogP contribution in [0.3, 0.4) is 0 Å².